The molecular weight excluding hydrogens is 310 g/mol. The lowest BCUT2D eigenvalue weighted by atomic mass is 10.1. The van der Waals surface area contributed by atoms with Crippen molar-refractivity contribution in [2.45, 2.75) is 31.5 Å². The number of nitrogens with zero attached hydrogens (tertiary/aromatic N) is 4. The van der Waals surface area contributed by atoms with E-state index >= 15 is 0 Å². The zero-order valence-electron chi connectivity index (χ0n) is 12.0. The van der Waals surface area contributed by atoms with Crippen molar-refractivity contribution in [1.29, 1.82) is 0 Å². The van der Waals surface area contributed by atoms with Crippen LogP contribution in [-0.2, 0) is 4.74 Å². The molecule has 124 valence electrons. The highest BCUT2D eigenvalue weighted by atomic mass is 16.6. The SMILES string of the molecule is Cc1cn(-c2cn(C3OC(CO)C(O)C3O)c(=O)[nH]c2=O)nn1. The van der Waals surface area contributed by atoms with E-state index in [0.29, 0.717) is 5.69 Å². The standard InChI is InChI=1S/C12H15N5O6/c1-5-2-17(15-14-5)6-3-16(12(22)13-10(6)21)11-9(20)8(19)7(4-18)23-11/h2-3,7-9,11,18-20H,4H2,1H3,(H,13,21,22). The first-order valence-electron chi connectivity index (χ1n) is 6.79. The van der Waals surface area contributed by atoms with E-state index < -0.39 is 42.4 Å². The maximum atomic E-state index is 12.0. The average molecular weight is 325 g/mol. The molecule has 1 aliphatic heterocycles. The topological polar surface area (TPSA) is 155 Å². The van der Waals surface area contributed by atoms with Crippen LogP contribution in [0.15, 0.2) is 22.0 Å². The van der Waals surface area contributed by atoms with Gasteiger partial charge in [0.05, 0.1) is 18.5 Å². The van der Waals surface area contributed by atoms with Crippen LogP contribution in [0, 0.1) is 6.92 Å². The summed E-state index contributed by atoms with van der Waals surface area (Å²) in [4.78, 5) is 26.0. The Bertz CT molecular complexity index is 826. The van der Waals surface area contributed by atoms with Gasteiger partial charge in [-0.3, -0.25) is 14.3 Å². The van der Waals surface area contributed by atoms with Gasteiger partial charge in [0.25, 0.3) is 5.56 Å². The minimum absolute atomic E-state index is 0.0112. The summed E-state index contributed by atoms with van der Waals surface area (Å²) in [5, 5.41) is 36.4. The molecule has 2 aromatic heterocycles. The number of aromatic amines is 1. The maximum absolute atomic E-state index is 12.0. The molecule has 3 rings (SSSR count). The van der Waals surface area contributed by atoms with Crippen molar-refractivity contribution in [2.24, 2.45) is 0 Å². The van der Waals surface area contributed by atoms with Gasteiger partial charge in [-0.2, -0.15) is 0 Å². The van der Waals surface area contributed by atoms with E-state index in [1.165, 1.54) is 10.9 Å². The summed E-state index contributed by atoms with van der Waals surface area (Å²) in [6.45, 7) is 1.15. The molecule has 1 fully saturated rings. The second-order valence-electron chi connectivity index (χ2n) is 5.21. The summed E-state index contributed by atoms with van der Waals surface area (Å²) in [5.41, 5.74) is -0.966. The van der Waals surface area contributed by atoms with Gasteiger partial charge in [0.2, 0.25) is 0 Å². The van der Waals surface area contributed by atoms with Crippen LogP contribution in [0.2, 0.25) is 0 Å². The predicted octanol–water partition coefficient (Wildman–Crippen LogP) is -2.96. The molecule has 1 aliphatic rings. The number of rotatable bonds is 3. The lowest BCUT2D eigenvalue weighted by Gasteiger charge is -2.17. The third kappa shape index (κ3) is 2.59. The Hall–Kier alpha value is -2.34. The van der Waals surface area contributed by atoms with Crippen molar-refractivity contribution in [1.82, 2.24) is 24.5 Å². The number of aromatic nitrogens is 5. The number of hydrogen-bond donors (Lipinski definition) is 4. The van der Waals surface area contributed by atoms with Gasteiger partial charge in [0.15, 0.2) is 6.23 Å². The molecule has 4 N–H and O–H groups in total. The molecule has 3 heterocycles. The first-order valence-corrected chi connectivity index (χ1v) is 6.79. The van der Waals surface area contributed by atoms with E-state index in [0.717, 1.165) is 10.8 Å². The van der Waals surface area contributed by atoms with Crippen molar-refractivity contribution in [3.05, 3.63) is 38.9 Å². The van der Waals surface area contributed by atoms with Crippen LogP contribution in [0.25, 0.3) is 5.69 Å². The monoisotopic (exact) mass is 325 g/mol. The van der Waals surface area contributed by atoms with Gasteiger partial charge < -0.3 is 20.1 Å². The van der Waals surface area contributed by atoms with E-state index in [4.69, 9.17) is 9.84 Å². The number of nitrogens with one attached hydrogen (secondary N) is 1. The van der Waals surface area contributed by atoms with Crippen LogP contribution < -0.4 is 11.2 Å². The van der Waals surface area contributed by atoms with Crippen LogP contribution in [0.1, 0.15) is 11.9 Å². The summed E-state index contributed by atoms with van der Waals surface area (Å²) >= 11 is 0. The molecular formula is C12H15N5O6. The largest absolute Gasteiger partial charge is 0.394 e. The lowest BCUT2D eigenvalue weighted by Crippen LogP contribution is -2.39. The van der Waals surface area contributed by atoms with Crippen molar-refractivity contribution in [3.63, 3.8) is 0 Å². The summed E-state index contributed by atoms with van der Waals surface area (Å²) < 4.78 is 7.38. The highest BCUT2D eigenvalue weighted by molar-refractivity contribution is 5.24. The predicted molar refractivity (Wildman–Crippen MR) is 74.0 cm³/mol. The highest BCUT2D eigenvalue weighted by Crippen LogP contribution is 2.28. The zero-order chi connectivity index (χ0) is 16.7. The summed E-state index contributed by atoms with van der Waals surface area (Å²) in [5.74, 6) is 0. The highest BCUT2D eigenvalue weighted by Gasteiger charge is 2.43. The molecule has 0 spiro atoms. The van der Waals surface area contributed by atoms with Gasteiger partial charge in [0, 0.05) is 6.20 Å². The van der Waals surface area contributed by atoms with Crippen molar-refractivity contribution < 1.29 is 20.1 Å². The van der Waals surface area contributed by atoms with E-state index in [-0.39, 0.29) is 5.69 Å². The fourth-order valence-corrected chi connectivity index (χ4v) is 2.40. The van der Waals surface area contributed by atoms with Gasteiger partial charge in [-0.1, -0.05) is 5.21 Å². The Kier molecular flexibility index (Phi) is 3.85. The van der Waals surface area contributed by atoms with Crippen LogP contribution in [0.4, 0.5) is 0 Å². The number of ether oxygens (including phenoxy) is 1. The van der Waals surface area contributed by atoms with Crippen molar-refractivity contribution in [3.8, 4) is 5.69 Å². The van der Waals surface area contributed by atoms with E-state index in [1.807, 2.05) is 0 Å². The molecule has 4 atom stereocenters. The van der Waals surface area contributed by atoms with Crippen LogP contribution in [0.5, 0.6) is 0 Å². The van der Waals surface area contributed by atoms with Gasteiger partial charge >= 0.3 is 5.69 Å². The van der Waals surface area contributed by atoms with Gasteiger partial charge in [-0.25, -0.2) is 9.48 Å². The Morgan fingerprint density at radius 1 is 1.30 bits per heavy atom. The van der Waals surface area contributed by atoms with Crippen LogP contribution >= 0.6 is 0 Å². The minimum atomic E-state index is -1.44. The van der Waals surface area contributed by atoms with Gasteiger partial charge in [-0.05, 0) is 6.92 Å². The van der Waals surface area contributed by atoms with Gasteiger partial charge in [0.1, 0.15) is 24.0 Å². The molecule has 0 aromatic carbocycles. The fourth-order valence-electron chi connectivity index (χ4n) is 2.40. The molecule has 4 unspecified atom stereocenters. The second-order valence-corrected chi connectivity index (χ2v) is 5.21. The molecule has 0 amide bonds. The van der Waals surface area contributed by atoms with Crippen LogP contribution in [0.3, 0.4) is 0 Å². The molecule has 2 aromatic rings. The summed E-state index contributed by atoms with van der Waals surface area (Å²) in [6, 6.07) is 0. The molecule has 0 saturated carbocycles. The number of hydrogen-bond acceptors (Lipinski definition) is 8. The van der Waals surface area contributed by atoms with Crippen molar-refractivity contribution in [2.75, 3.05) is 6.61 Å². The average Bonchev–Trinajstić information content (AvgIpc) is 3.05. The quantitative estimate of drug-likeness (QED) is 0.466. The summed E-state index contributed by atoms with van der Waals surface area (Å²) in [7, 11) is 0. The van der Waals surface area contributed by atoms with E-state index in [1.54, 1.807) is 6.92 Å². The molecule has 0 aliphatic carbocycles. The molecule has 11 heteroatoms. The Morgan fingerprint density at radius 2 is 2.04 bits per heavy atom. The number of aryl methyl sites for hydroxylation is 1. The second kappa shape index (κ2) is 5.70. The molecule has 0 radical (unpaired) electrons. The Balaban J connectivity index is 2.07. The number of aliphatic hydroxyl groups is 3. The Labute approximate surface area is 128 Å². The fraction of sp³-hybridized carbons (Fsp3) is 0.500. The number of H-pyrrole nitrogens is 1. The summed E-state index contributed by atoms with van der Waals surface area (Å²) in [6.07, 6.45) is -2.46. The maximum Gasteiger partial charge on any atom is 0.330 e. The smallest absolute Gasteiger partial charge is 0.330 e. The van der Waals surface area contributed by atoms with Gasteiger partial charge in [-0.15, -0.1) is 5.10 Å². The van der Waals surface area contributed by atoms with E-state index in [9.17, 15) is 19.8 Å². The lowest BCUT2D eigenvalue weighted by molar-refractivity contribution is -0.0550. The minimum Gasteiger partial charge on any atom is -0.394 e. The number of aliphatic hydroxyl groups excluding tert-OH is 3. The third-order valence-electron chi connectivity index (χ3n) is 3.60. The zero-order valence-corrected chi connectivity index (χ0v) is 12.0. The molecule has 11 nitrogen and oxygen atoms in total. The first kappa shape index (κ1) is 15.6. The van der Waals surface area contributed by atoms with Crippen LogP contribution in [-0.4, -0.2) is 64.8 Å². The Morgan fingerprint density at radius 3 is 2.61 bits per heavy atom. The molecule has 0 bridgehead atoms. The van der Waals surface area contributed by atoms with E-state index in [2.05, 4.69) is 15.3 Å². The molecule has 1 saturated heterocycles. The van der Waals surface area contributed by atoms with Crippen molar-refractivity contribution >= 4 is 0 Å². The third-order valence-corrected chi connectivity index (χ3v) is 3.60. The first-order chi connectivity index (χ1) is 10.9. The normalized spacial score (nSPS) is 27.5. The molecule has 23 heavy (non-hydrogen) atoms.